The minimum atomic E-state index is -2.84. The molecule has 3 heterocycles. The molecule has 10 nitrogen and oxygen atoms in total. The fourth-order valence-electron chi connectivity index (χ4n) is 5.35. The van der Waals surface area contributed by atoms with Crippen LogP contribution in [-0.2, 0) is 14.3 Å². The highest BCUT2D eigenvalue weighted by Gasteiger charge is 2.44. The van der Waals surface area contributed by atoms with Gasteiger partial charge in [0.05, 0.1) is 36.3 Å². The molecule has 0 radical (unpaired) electrons. The zero-order valence-electron chi connectivity index (χ0n) is 23.1. The Bertz CT molecular complexity index is 1610. The summed E-state index contributed by atoms with van der Waals surface area (Å²) in [6, 6.07) is 8.44. The van der Waals surface area contributed by atoms with E-state index in [0.717, 1.165) is 22.1 Å². The quantitative estimate of drug-likeness (QED) is 0.376. The number of benzene rings is 1. The van der Waals surface area contributed by atoms with E-state index in [1.54, 1.807) is 12.1 Å². The predicted molar refractivity (Wildman–Crippen MR) is 152 cm³/mol. The van der Waals surface area contributed by atoms with E-state index in [1.165, 1.54) is 36.7 Å². The molecule has 44 heavy (non-hydrogen) atoms. The smallest absolute Gasteiger partial charge is 0.416 e. The summed E-state index contributed by atoms with van der Waals surface area (Å²) >= 11 is 6.55. The Balaban J connectivity index is 1.61. The van der Waals surface area contributed by atoms with Crippen LogP contribution in [0.3, 0.4) is 0 Å². The van der Waals surface area contributed by atoms with Crippen LogP contribution in [0.15, 0.2) is 61.1 Å². The number of halogens is 4. The van der Waals surface area contributed by atoms with E-state index in [-0.39, 0.29) is 53.5 Å². The molecule has 2 fully saturated rings. The first-order valence-corrected chi connectivity index (χ1v) is 14.1. The summed E-state index contributed by atoms with van der Waals surface area (Å²) < 4.78 is 47.5. The van der Waals surface area contributed by atoms with Crippen molar-refractivity contribution in [1.29, 1.82) is 5.26 Å². The van der Waals surface area contributed by atoms with E-state index in [9.17, 15) is 32.8 Å². The van der Waals surface area contributed by atoms with Crippen LogP contribution in [0.4, 0.5) is 29.5 Å². The van der Waals surface area contributed by atoms with Crippen molar-refractivity contribution in [2.75, 3.05) is 16.4 Å². The Kier molecular flexibility index (Phi) is 9.01. The second-order valence-electron chi connectivity index (χ2n) is 10.4. The molecule has 1 aliphatic carbocycles. The molecule has 2 aliphatic rings. The normalized spacial score (nSPS) is 18.9. The molecule has 14 heteroatoms. The molecular formula is C30H26ClF3N6O4. The average Bonchev–Trinajstić information content (AvgIpc) is 3.01. The highest BCUT2D eigenvalue weighted by atomic mass is 35.5. The van der Waals surface area contributed by atoms with Gasteiger partial charge >= 0.3 is 6.09 Å². The second-order valence-corrected chi connectivity index (χ2v) is 10.8. The first kappa shape index (κ1) is 30.7. The minimum Gasteiger partial charge on any atom is -0.449 e. The van der Waals surface area contributed by atoms with Crippen LogP contribution >= 0.6 is 11.6 Å². The lowest BCUT2D eigenvalue weighted by Crippen LogP contribution is -2.57. The number of carbonyl (C=O) groups is 3. The monoisotopic (exact) mass is 626 g/mol. The molecule has 0 bridgehead atoms. The Morgan fingerprint density at radius 1 is 1.16 bits per heavy atom. The molecule has 1 aromatic carbocycles. The maximum atomic E-state index is 14.6. The van der Waals surface area contributed by atoms with Gasteiger partial charge < -0.3 is 10.1 Å². The van der Waals surface area contributed by atoms with E-state index in [4.69, 9.17) is 16.3 Å². The molecular weight excluding hydrogens is 601 g/mol. The Hall–Kier alpha value is -4.70. The lowest BCUT2D eigenvalue weighted by molar-refractivity contribution is -0.128. The van der Waals surface area contributed by atoms with Gasteiger partial charge in [-0.1, -0.05) is 29.8 Å². The number of ether oxygens (including phenoxy) is 1. The first-order valence-electron chi connectivity index (χ1n) is 13.8. The molecule has 3 amide bonds. The third kappa shape index (κ3) is 6.60. The molecule has 0 spiro atoms. The average molecular weight is 627 g/mol. The summed E-state index contributed by atoms with van der Waals surface area (Å²) in [5.41, 5.74) is 0.208. The van der Waals surface area contributed by atoms with E-state index >= 15 is 0 Å². The van der Waals surface area contributed by atoms with Gasteiger partial charge in [0.15, 0.2) is 0 Å². The molecule has 1 N–H and O–H groups in total. The van der Waals surface area contributed by atoms with Gasteiger partial charge in [0.2, 0.25) is 11.8 Å². The van der Waals surface area contributed by atoms with Crippen LogP contribution in [0, 0.1) is 17.1 Å². The SMILES string of the molecule is N#Cc1ccnc(N2C(=O)OCCC2C(=O)N(c2cncc(F)c2)[C@H](C(=O)NC2CCC(F)(F)CC2)c2ccccc2Cl)c1. The number of aromatic nitrogens is 2. The van der Waals surface area contributed by atoms with E-state index in [2.05, 4.69) is 15.3 Å². The minimum absolute atomic E-state index is 0.00654. The van der Waals surface area contributed by atoms with Crippen LogP contribution in [0.25, 0.3) is 0 Å². The van der Waals surface area contributed by atoms with E-state index < -0.39 is 60.6 Å². The molecule has 1 unspecified atom stereocenters. The molecule has 5 rings (SSSR count). The summed E-state index contributed by atoms with van der Waals surface area (Å²) in [6.07, 6.45) is 1.60. The Morgan fingerprint density at radius 2 is 1.91 bits per heavy atom. The standard InChI is InChI=1S/C30H26ClF3N6O4/c31-23-4-2-1-3-22(23)26(27(41)38-20-5-9-30(33,34)10-6-20)39(21-14-19(32)16-36-17-21)28(42)24-8-12-44-29(43)40(24)25-13-18(15-35)7-11-37-25/h1-4,7,11,13-14,16-17,20,24,26H,5-6,8-10,12H2,(H,38,41)/t24?,26-/m0/s1. The number of rotatable bonds is 7. The van der Waals surface area contributed by atoms with Crippen molar-refractivity contribution in [1.82, 2.24) is 15.3 Å². The van der Waals surface area contributed by atoms with Crippen molar-refractivity contribution in [3.8, 4) is 6.07 Å². The molecule has 2 aromatic heterocycles. The number of alkyl halides is 2. The van der Waals surface area contributed by atoms with Crippen LogP contribution in [0.5, 0.6) is 0 Å². The number of carbonyl (C=O) groups excluding carboxylic acids is 3. The first-order chi connectivity index (χ1) is 21.1. The maximum absolute atomic E-state index is 14.6. The third-order valence-corrected chi connectivity index (χ3v) is 7.85. The van der Waals surface area contributed by atoms with Crippen LogP contribution in [-0.4, -0.2) is 52.5 Å². The van der Waals surface area contributed by atoms with Gasteiger partial charge in [0.25, 0.3) is 5.91 Å². The summed E-state index contributed by atoms with van der Waals surface area (Å²) in [5, 5.41) is 12.3. The van der Waals surface area contributed by atoms with Crippen molar-refractivity contribution in [2.24, 2.45) is 0 Å². The van der Waals surface area contributed by atoms with E-state index in [0.29, 0.717) is 0 Å². The predicted octanol–water partition coefficient (Wildman–Crippen LogP) is 5.32. The molecule has 3 aromatic rings. The van der Waals surface area contributed by atoms with Gasteiger partial charge in [-0.05, 0) is 31.0 Å². The van der Waals surface area contributed by atoms with Gasteiger partial charge in [0.1, 0.15) is 23.7 Å². The summed E-state index contributed by atoms with van der Waals surface area (Å²) in [7, 11) is 0. The number of pyridine rings is 2. The molecule has 228 valence electrons. The molecule has 1 saturated carbocycles. The van der Waals surface area contributed by atoms with Gasteiger partial charge in [-0.3, -0.25) is 19.5 Å². The molecule has 1 saturated heterocycles. The summed E-state index contributed by atoms with van der Waals surface area (Å²) in [6.45, 7) is -0.155. The third-order valence-electron chi connectivity index (χ3n) is 7.51. The number of anilines is 2. The van der Waals surface area contributed by atoms with Crippen molar-refractivity contribution in [3.05, 3.63) is 83.0 Å². The zero-order valence-corrected chi connectivity index (χ0v) is 23.9. The maximum Gasteiger partial charge on any atom is 0.416 e. The van der Waals surface area contributed by atoms with Crippen LogP contribution < -0.4 is 15.1 Å². The number of nitrogens with zero attached hydrogens (tertiary/aromatic N) is 5. The zero-order chi connectivity index (χ0) is 31.4. The fourth-order valence-corrected chi connectivity index (χ4v) is 5.59. The van der Waals surface area contributed by atoms with Crippen molar-refractivity contribution in [3.63, 3.8) is 0 Å². The largest absolute Gasteiger partial charge is 0.449 e. The van der Waals surface area contributed by atoms with Gasteiger partial charge in [0, 0.05) is 48.2 Å². The molecule has 2 atom stereocenters. The number of cyclic esters (lactones) is 1. The highest BCUT2D eigenvalue weighted by molar-refractivity contribution is 6.31. The molecule has 1 aliphatic heterocycles. The number of nitriles is 1. The van der Waals surface area contributed by atoms with Crippen molar-refractivity contribution < 1.29 is 32.3 Å². The number of hydrogen-bond acceptors (Lipinski definition) is 7. The van der Waals surface area contributed by atoms with Crippen molar-refractivity contribution in [2.45, 2.75) is 56.2 Å². The van der Waals surface area contributed by atoms with Crippen LogP contribution in [0.2, 0.25) is 5.02 Å². The topological polar surface area (TPSA) is 129 Å². The fraction of sp³-hybridized carbons (Fsp3) is 0.333. The van der Waals surface area contributed by atoms with Gasteiger partial charge in [-0.25, -0.2) is 27.8 Å². The lowest BCUT2D eigenvalue weighted by Gasteiger charge is -2.39. The van der Waals surface area contributed by atoms with Crippen LogP contribution in [0.1, 0.15) is 49.3 Å². The number of hydrogen-bond donors (Lipinski definition) is 1. The lowest BCUT2D eigenvalue weighted by atomic mass is 9.91. The number of nitrogens with one attached hydrogen (secondary N) is 1. The Morgan fingerprint density at radius 3 is 2.61 bits per heavy atom. The second kappa shape index (κ2) is 12.9. The van der Waals surface area contributed by atoms with Crippen molar-refractivity contribution >= 4 is 41.0 Å². The summed E-state index contributed by atoms with van der Waals surface area (Å²) in [5.74, 6) is -5.27. The van der Waals surface area contributed by atoms with Gasteiger partial charge in [-0.15, -0.1) is 0 Å². The highest BCUT2D eigenvalue weighted by Crippen LogP contribution is 2.37. The van der Waals surface area contributed by atoms with Gasteiger partial charge in [-0.2, -0.15) is 5.26 Å². The summed E-state index contributed by atoms with van der Waals surface area (Å²) in [4.78, 5) is 51.7. The van der Waals surface area contributed by atoms with E-state index in [1.807, 2.05) is 6.07 Å². The number of amides is 3. The Labute approximate surface area is 255 Å².